The van der Waals surface area contributed by atoms with Gasteiger partial charge in [-0.1, -0.05) is 88.8 Å². The van der Waals surface area contributed by atoms with Crippen LogP contribution in [0.3, 0.4) is 0 Å². The summed E-state index contributed by atoms with van der Waals surface area (Å²) in [7, 11) is 3.27. The number of rotatable bonds is 27. The second-order valence-electron chi connectivity index (χ2n) is 27.8. The van der Waals surface area contributed by atoms with E-state index in [0.717, 1.165) is 72.9 Å². The van der Waals surface area contributed by atoms with Crippen LogP contribution in [0.1, 0.15) is 160 Å². The summed E-state index contributed by atoms with van der Waals surface area (Å²) in [5.41, 5.74) is 7.34. The number of unbranched alkanes of at least 4 members (excludes halogenated alkanes) is 3. The van der Waals surface area contributed by atoms with Crippen LogP contribution in [-0.4, -0.2) is 140 Å². The van der Waals surface area contributed by atoms with E-state index in [1.165, 1.54) is 38.0 Å². The molecular formula is C74H97N5O13. The molecule has 92 heavy (non-hydrogen) atoms. The Balaban J connectivity index is 0.857. The SMILES string of the molecule is CCCCCCNCCOc1cc(OCNCC)c2c3c1CCc1c-3c(cc3c1[C@@H](O)[C@H](c1cc(OC)c(O)c(OC[C@H](CO)[C@]45C[C@H](C6(N7C(=O)C=C(CNC)C7=O)CCCCC6)C[C@@H]6[C@@H]7[C@@H](C=C[C@@H](CCO)[C@H]7CO)[C@H](C[C@H]64)c4ccccc45)c1)CO3)N[C@@H]2O. The minimum Gasteiger partial charge on any atom is -0.502 e. The fourth-order valence-corrected chi connectivity index (χ4v) is 19.5. The minimum atomic E-state index is -1.10. The molecule has 3 aliphatic heterocycles. The Bertz CT molecular complexity index is 3440. The van der Waals surface area contributed by atoms with E-state index < -0.39 is 35.1 Å². The maximum absolute atomic E-state index is 14.8. The summed E-state index contributed by atoms with van der Waals surface area (Å²) in [5.74, 6) is -0.106. The molecule has 6 aliphatic carbocycles. The van der Waals surface area contributed by atoms with Crippen LogP contribution < -0.4 is 45.0 Å². The summed E-state index contributed by atoms with van der Waals surface area (Å²) in [5, 5.41) is 84.8. The number of aliphatic hydroxyl groups is 5. The van der Waals surface area contributed by atoms with Crippen molar-refractivity contribution in [3.05, 3.63) is 111 Å². The molecular weight excluding hydrogens is 1170 g/mol. The topological polar surface area (TPSA) is 253 Å². The Morgan fingerprint density at radius 3 is 2.43 bits per heavy atom. The molecule has 4 aromatic carbocycles. The van der Waals surface area contributed by atoms with Gasteiger partial charge >= 0.3 is 0 Å². The number of methoxy groups -OCH3 is 1. The van der Waals surface area contributed by atoms with Gasteiger partial charge in [-0.25, -0.2) is 0 Å². The van der Waals surface area contributed by atoms with Crippen molar-refractivity contribution in [1.29, 1.82) is 0 Å². The van der Waals surface area contributed by atoms with E-state index in [4.69, 9.17) is 23.7 Å². The Morgan fingerprint density at radius 1 is 0.848 bits per heavy atom. The largest absolute Gasteiger partial charge is 0.502 e. The Morgan fingerprint density at radius 2 is 1.66 bits per heavy atom. The lowest BCUT2D eigenvalue weighted by Crippen LogP contribution is -2.67. The molecule has 3 fully saturated rings. The van der Waals surface area contributed by atoms with Crippen LogP contribution in [0.25, 0.3) is 11.1 Å². The standard InChI is InChI=1S/C74H97N5O13/c1-5-7-8-14-24-77-25-27-89-58-34-60(92-41-76-6-2)68-67-49(58)19-20-50-65(67)57(78-71(68)86)33-59-66(50)69(84)54(40-91-59)43-28-61(88-4)70(85)62(29-43)90-39-46(37-81)74-35-45(73(22-12-9-13-23-73)79-63(83)30-44(36-75-3)72(79)87)31-52-56(74)32-51(47-15-10-11-16-55(47)74)48-18-17-42(21-26-80)53(38-82)64(48)52/h10-11,15-18,28-30,33-34,42,45-46,48,51-54,56,64,69,71,75-78,80-82,84-86H,5-9,12-14,19-27,31-32,35-41H2,1-4H3/t42-,45+,46-,48-,51+,52-,53+,54-,56+,64-,69-,71+,74-/m0/s1. The summed E-state index contributed by atoms with van der Waals surface area (Å²) in [4.78, 5) is 31.1. The average Bonchev–Trinajstić information content (AvgIpc) is 0.728. The second kappa shape index (κ2) is 27.2. The number of nitrogens with zero attached hydrogens (tertiary/aromatic N) is 1. The molecule has 9 aliphatic rings. The molecule has 10 N–H and O–H groups in total. The number of imide groups is 1. The maximum Gasteiger partial charge on any atom is 0.258 e. The summed E-state index contributed by atoms with van der Waals surface area (Å²) in [6, 6.07) is 15.9. The van der Waals surface area contributed by atoms with Crippen molar-refractivity contribution >= 4 is 17.5 Å². The van der Waals surface area contributed by atoms with Gasteiger partial charge in [0.15, 0.2) is 17.7 Å². The predicted octanol–water partition coefficient (Wildman–Crippen LogP) is 8.98. The zero-order chi connectivity index (χ0) is 64.0. The minimum absolute atomic E-state index is 0.000405. The van der Waals surface area contributed by atoms with E-state index in [1.807, 2.05) is 19.1 Å². The van der Waals surface area contributed by atoms with Gasteiger partial charge in [-0.2, -0.15) is 0 Å². The van der Waals surface area contributed by atoms with Gasteiger partial charge in [-0.15, -0.1) is 0 Å². The van der Waals surface area contributed by atoms with Crippen molar-refractivity contribution in [2.24, 2.45) is 47.3 Å². The molecule has 0 saturated heterocycles. The summed E-state index contributed by atoms with van der Waals surface area (Å²) in [6.45, 7) is 7.19. The van der Waals surface area contributed by atoms with Crippen molar-refractivity contribution in [2.45, 2.75) is 145 Å². The predicted molar refractivity (Wildman–Crippen MR) is 350 cm³/mol. The number of nitrogens with one attached hydrogen (secondary N) is 4. The highest BCUT2D eigenvalue weighted by Gasteiger charge is 2.67. The first-order chi connectivity index (χ1) is 44.9. The number of ether oxygens (including phenoxy) is 5. The molecule has 496 valence electrons. The maximum atomic E-state index is 14.8. The lowest BCUT2D eigenvalue weighted by Gasteiger charge is -2.68. The number of anilines is 1. The first-order valence-electron chi connectivity index (χ1n) is 34.6. The number of allylic oxidation sites excluding steroid dienone is 2. The van der Waals surface area contributed by atoms with E-state index in [2.05, 4.69) is 64.6 Å². The number of carbonyl (C=O) groups is 2. The van der Waals surface area contributed by atoms with E-state index >= 15 is 0 Å². The number of likely N-dealkylation sites (N-methyl/N-ethyl adjacent to an activating group) is 1. The monoisotopic (exact) mass is 1260 g/mol. The van der Waals surface area contributed by atoms with Crippen molar-refractivity contribution in [3.63, 3.8) is 0 Å². The first-order valence-corrected chi connectivity index (χ1v) is 34.6. The van der Waals surface area contributed by atoms with E-state index in [9.17, 15) is 40.2 Å². The summed E-state index contributed by atoms with van der Waals surface area (Å²) < 4.78 is 32.6. The van der Waals surface area contributed by atoms with Gasteiger partial charge in [0.05, 0.1) is 44.1 Å². The Kier molecular flexibility index (Phi) is 19.1. The normalized spacial score (nSPS) is 28.8. The van der Waals surface area contributed by atoms with Gasteiger partial charge in [0.25, 0.3) is 11.8 Å². The highest BCUT2D eigenvalue weighted by molar-refractivity contribution is 6.17. The third kappa shape index (κ3) is 11.0. The Hall–Kier alpha value is -6.22. The van der Waals surface area contributed by atoms with Crippen LogP contribution in [0.15, 0.2) is 72.3 Å². The Labute approximate surface area is 541 Å². The lowest BCUT2D eigenvalue weighted by molar-refractivity contribution is -0.161. The number of aliphatic hydroxyl groups excluding tert-OH is 5. The molecule has 0 aromatic heterocycles. The molecule has 0 radical (unpaired) electrons. The lowest BCUT2D eigenvalue weighted by atomic mass is 9.37. The average molecular weight is 1260 g/mol. The number of hydrogen-bond acceptors (Lipinski definition) is 17. The van der Waals surface area contributed by atoms with Crippen molar-refractivity contribution in [1.82, 2.24) is 20.9 Å². The van der Waals surface area contributed by atoms with Crippen LogP contribution >= 0.6 is 0 Å². The molecule has 3 saturated carbocycles. The third-order valence-electron chi connectivity index (χ3n) is 23.5. The highest BCUT2D eigenvalue weighted by atomic mass is 16.5. The van der Waals surface area contributed by atoms with Crippen molar-refractivity contribution in [2.75, 3.05) is 92.0 Å². The first kappa shape index (κ1) is 64.5. The number of phenols is 1. The molecule has 2 bridgehead atoms. The fourth-order valence-electron chi connectivity index (χ4n) is 19.5. The molecule has 0 spiro atoms. The zero-order valence-corrected chi connectivity index (χ0v) is 54.2. The number of carbonyl (C=O) groups excluding carboxylic acids is 2. The number of hydrogen-bond donors (Lipinski definition) is 10. The van der Waals surface area contributed by atoms with E-state index in [-0.39, 0.29) is 123 Å². The van der Waals surface area contributed by atoms with Crippen molar-refractivity contribution < 1.29 is 63.9 Å². The highest BCUT2D eigenvalue weighted by Crippen LogP contribution is 2.71. The molecule has 18 nitrogen and oxygen atoms in total. The van der Waals surface area contributed by atoms with Crippen LogP contribution in [0.5, 0.6) is 34.5 Å². The molecule has 2 amide bonds. The number of phenolic OH excluding ortho intramolecular Hbond substituents is 1. The molecule has 13 rings (SSSR count). The smallest absolute Gasteiger partial charge is 0.258 e. The van der Waals surface area contributed by atoms with Crippen molar-refractivity contribution in [3.8, 4) is 45.6 Å². The van der Waals surface area contributed by atoms with Gasteiger partial charge in [-0.3, -0.25) is 19.8 Å². The second-order valence-corrected chi connectivity index (χ2v) is 27.8. The molecule has 3 heterocycles. The summed E-state index contributed by atoms with van der Waals surface area (Å²) >= 11 is 0. The number of amides is 2. The van der Waals surface area contributed by atoms with Crippen LogP contribution in [0.2, 0.25) is 0 Å². The van der Waals surface area contributed by atoms with Crippen LogP contribution in [0, 0.1) is 47.3 Å². The quantitative estimate of drug-likeness (QED) is 0.0116. The van der Waals surface area contributed by atoms with Gasteiger partial charge in [0, 0.05) is 95.3 Å². The number of fused-ring (bicyclic) bond motifs is 9. The van der Waals surface area contributed by atoms with E-state index in [1.54, 1.807) is 24.1 Å². The van der Waals surface area contributed by atoms with Gasteiger partial charge in [0.1, 0.15) is 30.6 Å². The number of benzene rings is 4. The molecule has 0 unspecified atom stereocenters. The van der Waals surface area contributed by atoms with Gasteiger partial charge in [0.2, 0.25) is 5.75 Å². The van der Waals surface area contributed by atoms with Gasteiger partial charge < -0.3 is 70.3 Å². The molecule has 4 aromatic rings. The summed E-state index contributed by atoms with van der Waals surface area (Å²) in [6.07, 6.45) is 16.5. The third-order valence-corrected chi connectivity index (χ3v) is 23.5. The zero-order valence-electron chi connectivity index (χ0n) is 54.2. The van der Waals surface area contributed by atoms with Crippen LogP contribution in [0.4, 0.5) is 5.69 Å². The van der Waals surface area contributed by atoms with Gasteiger partial charge in [-0.05, 0) is 160 Å². The van der Waals surface area contributed by atoms with Crippen LogP contribution in [-0.2, 0) is 27.8 Å². The van der Waals surface area contributed by atoms with E-state index in [0.29, 0.717) is 103 Å². The molecule has 13 atom stereocenters. The molecule has 18 heteroatoms. The fraction of sp³-hybridized carbons (Fsp3) is 0.595. The number of aromatic hydroxyl groups is 1.